The molecule has 3 N–H and O–H groups in total. The van der Waals surface area contributed by atoms with Crippen LogP contribution in [0.3, 0.4) is 0 Å². The lowest BCUT2D eigenvalue weighted by Gasteiger charge is -2.12. The third-order valence-electron chi connectivity index (χ3n) is 1.91. The summed E-state index contributed by atoms with van der Waals surface area (Å²) in [5.74, 6) is -0.0151. The number of phenols is 1. The first-order valence-corrected chi connectivity index (χ1v) is 4.75. The predicted octanol–water partition coefficient (Wildman–Crippen LogP) is 3.11. The third-order valence-corrected chi connectivity index (χ3v) is 2.54. The maximum atomic E-state index is 9.22. The van der Waals surface area contributed by atoms with Gasteiger partial charge in [-0.05, 0) is 18.1 Å². The fourth-order valence-corrected chi connectivity index (χ4v) is 1.53. The Kier molecular flexibility index (Phi) is 3.42. The zero-order valence-corrected chi connectivity index (χ0v) is 8.73. The van der Waals surface area contributed by atoms with Gasteiger partial charge in [-0.15, -0.1) is 0 Å². The molecule has 0 aliphatic heterocycles. The Hall–Kier alpha value is -0.440. The summed E-state index contributed by atoms with van der Waals surface area (Å²) in [5.41, 5.74) is 6.56. The minimum Gasteiger partial charge on any atom is -0.506 e. The van der Waals surface area contributed by atoms with Crippen molar-refractivity contribution in [1.82, 2.24) is 0 Å². The maximum absolute atomic E-state index is 9.22. The number of hydrogen-bond acceptors (Lipinski definition) is 2. The first-order chi connectivity index (χ1) is 6.06. The number of phenolic OH excluding ortho intramolecular Hbond substituents is 1. The number of aromatic hydroxyl groups is 1. The highest BCUT2D eigenvalue weighted by Gasteiger charge is 2.11. The molecule has 0 aliphatic rings. The summed E-state index contributed by atoms with van der Waals surface area (Å²) in [7, 11) is 0. The van der Waals surface area contributed by atoms with Gasteiger partial charge in [-0.2, -0.15) is 0 Å². The fraction of sp³-hybridized carbons (Fsp3) is 0.333. The Morgan fingerprint density at radius 3 is 2.54 bits per heavy atom. The first-order valence-electron chi connectivity index (χ1n) is 3.99. The molecule has 1 unspecified atom stereocenters. The van der Waals surface area contributed by atoms with E-state index in [0.717, 1.165) is 12.0 Å². The molecule has 0 saturated heterocycles. The minimum atomic E-state index is -0.134. The predicted molar refractivity (Wildman–Crippen MR) is 55.3 cm³/mol. The molecule has 0 fully saturated rings. The van der Waals surface area contributed by atoms with Gasteiger partial charge in [0.1, 0.15) is 5.75 Å². The molecule has 1 aromatic rings. The molecular formula is C9H11Cl2NO. The second-order valence-corrected chi connectivity index (χ2v) is 3.65. The summed E-state index contributed by atoms with van der Waals surface area (Å²) >= 11 is 11.6. The lowest BCUT2D eigenvalue weighted by atomic mass is 10.1. The fourth-order valence-electron chi connectivity index (χ4n) is 1.06. The molecule has 0 amide bonds. The SMILES string of the molecule is CCC(N)c1cc(Cl)c(O)cc1Cl. The van der Waals surface area contributed by atoms with Crippen molar-refractivity contribution in [1.29, 1.82) is 0 Å². The van der Waals surface area contributed by atoms with Crippen LogP contribution in [0.25, 0.3) is 0 Å². The first kappa shape index (κ1) is 10.6. The summed E-state index contributed by atoms with van der Waals surface area (Å²) in [6, 6.07) is 2.88. The summed E-state index contributed by atoms with van der Waals surface area (Å²) in [4.78, 5) is 0. The van der Waals surface area contributed by atoms with Gasteiger partial charge in [0.25, 0.3) is 0 Å². The van der Waals surface area contributed by atoms with Crippen molar-refractivity contribution in [3.63, 3.8) is 0 Å². The van der Waals surface area contributed by atoms with E-state index in [9.17, 15) is 5.11 Å². The molecule has 1 aromatic carbocycles. The van der Waals surface area contributed by atoms with Gasteiger partial charge < -0.3 is 10.8 Å². The molecule has 0 heterocycles. The minimum absolute atomic E-state index is 0.0151. The third kappa shape index (κ3) is 2.27. The van der Waals surface area contributed by atoms with Crippen molar-refractivity contribution in [3.8, 4) is 5.75 Å². The van der Waals surface area contributed by atoms with Crippen LogP contribution in [0.5, 0.6) is 5.75 Å². The van der Waals surface area contributed by atoms with E-state index < -0.39 is 0 Å². The van der Waals surface area contributed by atoms with E-state index in [-0.39, 0.29) is 16.8 Å². The van der Waals surface area contributed by atoms with Crippen LogP contribution < -0.4 is 5.73 Å². The van der Waals surface area contributed by atoms with Crippen LogP contribution in [0.15, 0.2) is 12.1 Å². The Balaban J connectivity index is 3.15. The molecular weight excluding hydrogens is 209 g/mol. The molecule has 4 heteroatoms. The van der Waals surface area contributed by atoms with E-state index in [4.69, 9.17) is 28.9 Å². The molecule has 0 spiro atoms. The lowest BCUT2D eigenvalue weighted by Crippen LogP contribution is -2.09. The second-order valence-electron chi connectivity index (χ2n) is 2.84. The standard InChI is InChI=1S/C9H11Cl2NO/c1-2-8(12)5-3-7(11)9(13)4-6(5)10/h3-4,8,13H,2,12H2,1H3. The van der Waals surface area contributed by atoms with Gasteiger partial charge in [-0.3, -0.25) is 0 Å². The smallest absolute Gasteiger partial charge is 0.135 e. The monoisotopic (exact) mass is 219 g/mol. The Bertz CT molecular complexity index is 315. The zero-order valence-electron chi connectivity index (χ0n) is 7.22. The highest BCUT2D eigenvalue weighted by Crippen LogP contribution is 2.33. The number of rotatable bonds is 2. The van der Waals surface area contributed by atoms with E-state index in [1.165, 1.54) is 6.07 Å². The molecule has 0 bridgehead atoms. The van der Waals surface area contributed by atoms with Crippen molar-refractivity contribution >= 4 is 23.2 Å². The molecule has 1 atom stereocenters. The average molecular weight is 220 g/mol. The van der Waals surface area contributed by atoms with Gasteiger partial charge in [0.2, 0.25) is 0 Å². The van der Waals surface area contributed by atoms with Gasteiger partial charge in [0.05, 0.1) is 5.02 Å². The van der Waals surface area contributed by atoms with Crippen molar-refractivity contribution < 1.29 is 5.11 Å². The quantitative estimate of drug-likeness (QED) is 0.804. The topological polar surface area (TPSA) is 46.2 Å². The highest BCUT2D eigenvalue weighted by molar-refractivity contribution is 6.34. The second kappa shape index (κ2) is 4.18. The van der Waals surface area contributed by atoms with E-state index in [0.29, 0.717) is 5.02 Å². The molecule has 72 valence electrons. The van der Waals surface area contributed by atoms with Crippen molar-refractivity contribution in [2.45, 2.75) is 19.4 Å². The Morgan fingerprint density at radius 1 is 1.38 bits per heavy atom. The van der Waals surface area contributed by atoms with Crippen LogP contribution in [-0.4, -0.2) is 5.11 Å². The molecule has 0 radical (unpaired) electrons. The maximum Gasteiger partial charge on any atom is 0.135 e. The van der Waals surface area contributed by atoms with E-state index in [2.05, 4.69) is 0 Å². The number of nitrogens with two attached hydrogens (primary N) is 1. The molecule has 2 nitrogen and oxygen atoms in total. The average Bonchev–Trinajstić information content (AvgIpc) is 2.10. The van der Waals surface area contributed by atoms with E-state index in [1.54, 1.807) is 6.07 Å². The Labute approximate surface area is 87.3 Å². The van der Waals surface area contributed by atoms with Crippen LogP contribution in [0, 0.1) is 0 Å². The van der Waals surface area contributed by atoms with E-state index in [1.807, 2.05) is 6.92 Å². The van der Waals surface area contributed by atoms with Gasteiger partial charge >= 0.3 is 0 Å². The van der Waals surface area contributed by atoms with Gasteiger partial charge in [0, 0.05) is 17.1 Å². The highest BCUT2D eigenvalue weighted by atomic mass is 35.5. The van der Waals surface area contributed by atoms with Gasteiger partial charge in [-0.25, -0.2) is 0 Å². The van der Waals surface area contributed by atoms with Crippen LogP contribution in [0.2, 0.25) is 10.0 Å². The number of benzene rings is 1. The molecule has 13 heavy (non-hydrogen) atoms. The Morgan fingerprint density at radius 2 is 2.00 bits per heavy atom. The summed E-state index contributed by atoms with van der Waals surface area (Å²) < 4.78 is 0. The van der Waals surface area contributed by atoms with Crippen LogP contribution in [0.1, 0.15) is 24.9 Å². The van der Waals surface area contributed by atoms with Crippen molar-refractivity contribution in [2.24, 2.45) is 5.73 Å². The van der Waals surface area contributed by atoms with Crippen LogP contribution in [-0.2, 0) is 0 Å². The molecule has 1 rings (SSSR count). The van der Waals surface area contributed by atoms with Crippen LogP contribution in [0.4, 0.5) is 0 Å². The summed E-state index contributed by atoms with van der Waals surface area (Å²) in [6.45, 7) is 1.96. The van der Waals surface area contributed by atoms with E-state index >= 15 is 0 Å². The molecule has 0 aromatic heterocycles. The van der Waals surface area contributed by atoms with Crippen molar-refractivity contribution in [2.75, 3.05) is 0 Å². The normalized spacial score (nSPS) is 12.9. The lowest BCUT2D eigenvalue weighted by molar-refractivity contribution is 0.475. The van der Waals surface area contributed by atoms with Crippen LogP contribution >= 0.6 is 23.2 Å². The number of hydrogen-bond donors (Lipinski definition) is 2. The molecule has 0 aliphatic carbocycles. The largest absolute Gasteiger partial charge is 0.506 e. The van der Waals surface area contributed by atoms with Crippen molar-refractivity contribution in [3.05, 3.63) is 27.7 Å². The van der Waals surface area contributed by atoms with Gasteiger partial charge in [-0.1, -0.05) is 30.1 Å². The number of halogens is 2. The van der Waals surface area contributed by atoms with Gasteiger partial charge in [0.15, 0.2) is 0 Å². The molecule has 0 saturated carbocycles. The summed E-state index contributed by atoms with van der Waals surface area (Å²) in [6.07, 6.45) is 0.779. The zero-order chi connectivity index (χ0) is 10.0. The summed E-state index contributed by atoms with van der Waals surface area (Å²) in [5, 5.41) is 9.96.